The van der Waals surface area contributed by atoms with Crippen molar-refractivity contribution in [3.8, 4) is 0 Å². The van der Waals surface area contributed by atoms with Crippen LogP contribution in [0.4, 0.5) is 10.5 Å². The summed E-state index contributed by atoms with van der Waals surface area (Å²) in [4.78, 5) is 58.0. The number of amides is 4. The maximum Gasteiger partial charge on any atom is 0.318 e. The summed E-state index contributed by atoms with van der Waals surface area (Å²) in [5.41, 5.74) is 1.57. The maximum atomic E-state index is 13.7. The third-order valence-corrected chi connectivity index (χ3v) is 7.55. The molecular weight excluding hydrogens is 484 g/mol. The predicted molar refractivity (Wildman–Crippen MR) is 146 cm³/mol. The molecule has 3 saturated heterocycles. The molecule has 0 aromatic heterocycles. The first kappa shape index (κ1) is 27.9. The standard InChI is InChI=1S/C28H42N6O4/c1-18(2)15-22(31-26(36)20-5-7-21(8-6-20)32-13-10-29-11-14-32)27(37)33-12-9-23-25(33)24(35)17-34(23)28(38)30-16-19(3)4/h5-8,18-19,22-23,25,29H,9-17H2,1-4H3,(H,30,38)(H,31,36). The Bertz CT molecular complexity index is 1020. The van der Waals surface area contributed by atoms with Gasteiger partial charge in [0, 0.05) is 50.5 Å². The fourth-order valence-electron chi connectivity index (χ4n) is 5.61. The van der Waals surface area contributed by atoms with E-state index >= 15 is 0 Å². The second kappa shape index (κ2) is 12.1. The quantitative estimate of drug-likeness (QED) is 0.473. The molecule has 0 spiro atoms. The van der Waals surface area contributed by atoms with Crippen molar-refractivity contribution in [3.63, 3.8) is 0 Å². The van der Waals surface area contributed by atoms with Gasteiger partial charge in [-0.2, -0.15) is 0 Å². The SMILES string of the molecule is CC(C)CNC(=O)N1CC(=O)C2C1CCN2C(=O)C(CC(C)C)NC(=O)c1ccc(N2CCNCC2)cc1. The summed E-state index contributed by atoms with van der Waals surface area (Å²) in [5.74, 6) is -0.226. The van der Waals surface area contributed by atoms with E-state index in [4.69, 9.17) is 0 Å². The molecule has 0 radical (unpaired) electrons. The minimum atomic E-state index is -0.745. The normalized spacial score (nSPS) is 22.2. The average molecular weight is 527 g/mol. The summed E-state index contributed by atoms with van der Waals surface area (Å²) >= 11 is 0. The molecule has 0 bridgehead atoms. The Morgan fingerprint density at radius 3 is 2.29 bits per heavy atom. The average Bonchev–Trinajstić information content (AvgIpc) is 3.48. The maximum absolute atomic E-state index is 13.7. The van der Waals surface area contributed by atoms with Crippen LogP contribution >= 0.6 is 0 Å². The molecule has 3 atom stereocenters. The number of likely N-dealkylation sites (tertiary alicyclic amines) is 2. The molecule has 38 heavy (non-hydrogen) atoms. The molecule has 3 heterocycles. The van der Waals surface area contributed by atoms with Crippen LogP contribution < -0.4 is 20.9 Å². The number of hydrogen-bond donors (Lipinski definition) is 3. The minimum Gasteiger partial charge on any atom is -0.369 e. The van der Waals surface area contributed by atoms with Crippen LogP contribution in [-0.2, 0) is 9.59 Å². The number of carbonyl (C=O) groups is 4. The van der Waals surface area contributed by atoms with Crippen molar-refractivity contribution in [3.05, 3.63) is 29.8 Å². The van der Waals surface area contributed by atoms with Crippen molar-refractivity contribution < 1.29 is 19.2 Å². The van der Waals surface area contributed by atoms with Crippen LogP contribution in [0.1, 0.15) is 50.9 Å². The molecule has 1 aromatic rings. The Hall–Kier alpha value is -3.14. The van der Waals surface area contributed by atoms with Gasteiger partial charge in [-0.05, 0) is 48.9 Å². The van der Waals surface area contributed by atoms with Crippen LogP contribution in [-0.4, -0.2) is 97.4 Å². The lowest BCUT2D eigenvalue weighted by Gasteiger charge is -2.30. The Morgan fingerprint density at radius 1 is 0.974 bits per heavy atom. The molecule has 4 amide bonds. The van der Waals surface area contributed by atoms with Gasteiger partial charge in [-0.15, -0.1) is 0 Å². The summed E-state index contributed by atoms with van der Waals surface area (Å²) in [7, 11) is 0. The topological polar surface area (TPSA) is 114 Å². The second-order valence-corrected chi connectivity index (χ2v) is 11.4. The molecule has 3 aliphatic rings. The second-order valence-electron chi connectivity index (χ2n) is 11.4. The third kappa shape index (κ3) is 6.28. The third-order valence-electron chi connectivity index (χ3n) is 7.55. The number of nitrogens with one attached hydrogen (secondary N) is 3. The van der Waals surface area contributed by atoms with Gasteiger partial charge in [-0.25, -0.2) is 4.79 Å². The Morgan fingerprint density at radius 2 is 1.66 bits per heavy atom. The van der Waals surface area contributed by atoms with E-state index in [-0.39, 0.29) is 42.1 Å². The fraction of sp³-hybridized carbons (Fsp3) is 0.643. The van der Waals surface area contributed by atoms with Crippen molar-refractivity contribution in [1.82, 2.24) is 25.8 Å². The smallest absolute Gasteiger partial charge is 0.318 e. The van der Waals surface area contributed by atoms with E-state index in [2.05, 4.69) is 20.9 Å². The highest BCUT2D eigenvalue weighted by molar-refractivity contribution is 6.00. The van der Waals surface area contributed by atoms with Crippen molar-refractivity contribution in [2.75, 3.05) is 50.7 Å². The number of anilines is 1. The van der Waals surface area contributed by atoms with Gasteiger partial charge in [-0.3, -0.25) is 14.4 Å². The molecule has 1 aromatic carbocycles. The number of fused-ring (bicyclic) bond motifs is 1. The van der Waals surface area contributed by atoms with Crippen molar-refractivity contribution >= 4 is 29.3 Å². The van der Waals surface area contributed by atoms with Gasteiger partial charge in [0.15, 0.2) is 5.78 Å². The Labute approximate surface area is 225 Å². The number of rotatable bonds is 8. The Kier molecular flexibility index (Phi) is 8.91. The van der Waals surface area contributed by atoms with E-state index in [0.29, 0.717) is 37.4 Å². The monoisotopic (exact) mass is 526 g/mol. The van der Waals surface area contributed by atoms with Crippen LogP contribution in [0.15, 0.2) is 24.3 Å². The summed E-state index contributed by atoms with van der Waals surface area (Å²) in [5, 5.41) is 9.16. The van der Waals surface area contributed by atoms with E-state index in [1.807, 2.05) is 39.8 Å². The molecule has 3 unspecified atom stereocenters. The first-order valence-corrected chi connectivity index (χ1v) is 13.9. The number of hydrogen-bond acceptors (Lipinski definition) is 6. The lowest BCUT2D eigenvalue weighted by molar-refractivity contribution is -0.138. The molecular formula is C28H42N6O4. The zero-order valence-corrected chi connectivity index (χ0v) is 23.0. The Balaban J connectivity index is 1.43. The van der Waals surface area contributed by atoms with E-state index in [0.717, 1.165) is 31.9 Å². The van der Waals surface area contributed by atoms with Gasteiger partial charge in [0.25, 0.3) is 5.91 Å². The van der Waals surface area contributed by atoms with Crippen molar-refractivity contribution in [2.45, 2.75) is 58.7 Å². The largest absolute Gasteiger partial charge is 0.369 e. The molecule has 3 aliphatic heterocycles. The van der Waals surface area contributed by atoms with Gasteiger partial charge >= 0.3 is 6.03 Å². The molecule has 10 nitrogen and oxygen atoms in total. The highest BCUT2D eigenvalue weighted by Gasteiger charge is 2.52. The van der Waals surface area contributed by atoms with Crippen molar-refractivity contribution in [1.29, 1.82) is 0 Å². The molecule has 3 N–H and O–H groups in total. The van der Waals surface area contributed by atoms with E-state index in [9.17, 15) is 19.2 Å². The molecule has 0 aliphatic carbocycles. The van der Waals surface area contributed by atoms with E-state index in [1.165, 1.54) is 0 Å². The van der Waals surface area contributed by atoms with Crippen LogP contribution in [0, 0.1) is 11.8 Å². The summed E-state index contributed by atoms with van der Waals surface area (Å²) in [6.45, 7) is 12.7. The van der Waals surface area contributed by atoms with Gasteiger partial charge in [0.05, 0.1) is 12.6 Å². The first-order chi connectivity index (χ1) is 18.2. The summed E-state index contributed by atoms with van der Waals surface area (Å²) < 4.78 is 0. The highest BCUT2D eigenvalue weighted by atomic mass is 16.2. The zero-order chi connectivity index (χ0) is 27.4. The summed E-state index contributed by atoms with van der Waals surface area (Å²) in [6, 6.07) is 5.49. The molecule has 3 fully saturated rings. The lowest BCUT2D eigenvalue weighted by atomic mass is 10.0. The number of Topliss-reactive ketones (excluding diaryl/α,β-unsaturated/α-hetero) is 1. The lowest BCUT2D eigenvalue weighted by Crippen LogP contribution is -2.53. The zero-order valence-electron chi connectivity index (χ0n) is 23.0. The van der Waals surface area contributed by atoms with Gasteiger partial charge < -0.3 is 30.7 Å². The number of benzene rings is 1. The minimum absolute atomic E-state index is 0.00365. The van der Waals surface area contributed by atoms with Crippen LogP contribution in [0.5, 0.6) is 0 Å². The number of piperazine rings is 1. The highest BCUT2D eigenvalue weighted by Crippen LogP contribution is 2.31. The number of ketones is 1. The van der Waals surface area contributed by atoms with Crippen LogP contribution in [0.2, 0.25) is 0 Å². The first-order valence-electron chi connectivity index (χ1n) is 13.9. The molecule has 0 saturated carbocycles. The molecule has 208 valence electrons. The number of nitrogens with zero attached hydrogens (tertiary/aromatic N) is 3. The number of carbonyl (C=O) groups excluding carboxylic acids is 4. The summed E-state index contributed by atoms with van der Waals surface area (Å²) in [6.07, 6.45) is 1.01. The van der Waals surface area contributed by atoms with E-state index < -0.39 is 12.1 Å². The van der Waals surface area contributed by atoms with E-state index in [1.54, 1.807) is 21.9 Å². The van der Waals surface area contributed by atoms with Gasteiger partial charge in [-0.1, -0.05) is 27.7 Å². The molecule has 4 rings (SSSR count). The predicted octanol–water partition coefficient (Wildman–Crippen LogP) is 1.46. The number of urea groups is 1. The van der Waals surface area contributed by atoms with Crippen molar-refractivity contribution in [2.24, 2.45) is 11.8 Å². The van der Waals surface area contributed by atoms with Crippen LogP contribution in [0.25, 0.3) is 0 Å². The van der Waals surface area contributed by atoms with Gasteiger partial charge in [0.1, 0.15) is 12.1 Å². The van der Waals surface area contributed by atoms with Crippen LogP contribution in [0.3, 0.4) is 0 Å². The fourth-order valence-corrected chi connectivity index (χ4v) is 5.61. The molecule has 10 heteroatoms. The van der Waals surface area contributed by atoms with Gasteiger partial charge in [0.2, 0.25) is 5.91 Å².